The summed E-state index contributed by atoms with van der Waals surface area (Å²) in [5, 5.41) is 6.59. The first-order valence-corrected chi connectivity index (χ1v) is 8.95. The molecule has 1 aromatic heterocycles. The van der Waals surface area contributed by atoms with Crippen molar-refractivity contribution in [3.05, 3.63) is 53.9 Å². The van der Waals surface area contributed by atoms with Crippen LogP contribution in [0.15, 0.2) is 47.7 Å². The zero-order valence-electron chi connectivity index (χ0n) is 15.7. The van der Waals surface area contributed by atoms with Gasteiger partial charge in [-0.05, 0) is 36.1 Å². The van der Waals surface area contributed by atoms with Gasteiger partial charge in [0.25, 0.3) is 0 Å². The third kappa shape index (κ3) is 6.18. The van der Waals surface area contributed by atoms with Crippen LogP contribution in [-0.4, -0.2) is 30.2 Å². The van der Waals surface area contributed by atoms with E-state index < -0.39 is 0 Å². The molecule has 2 N–H and O–H groups in total. The van der Waals surface area contributed by atoms with Crippen molar-refractivity contribution < 1.29 is 4.74 Å². The number of hydrogen-bond donors (Lipinski definition) is 2. The number of ether oxygens (including phenoxy) is 1. The fourth-order valence-electron chi connectivity index (χ4n) is 2.59. The highest BCUT2D eigenvalue weighted by Gasteiger charge is 2.06. The van der Waals surface area contributed by atoms with E-state index in [2.05, 4.69) is 60.8 Å². The molecule has 5 heteroatoms. The maximum Gasteiger partial charge on any atom is 0.191 e. The van der Waals surface area contributed by atoms with Gasteiger partial charge in [0.2, 0.25) is 0 Å². The molecule has 25 heavy (non-hydrogen) atoms. The Morgan fingerprint density at radius 3 is 2.68 bits per heavy atom. The number of aliphatic imine (C=N–C) groups is 1. The summed E-state index contributed by atoms with van der Waals surface area (Å²) in [5.41, 5.74) is 2.44. The Balaban J connectivity index is 1.83. The van der Waals surface area contributed by atoms with E-state index in [1.807, 2.05) is 29.9 Å². The minimum absolute atomic E-state index is 0.453. The van der Waals surface area contributed by atoms with Crippen molar-refractivity contribution in [1.82, 2.24) is 15.2 Å². The molecule has 1 heterocycles. The van der Waals surface area contributed by atoms with Gasteiger partial charge in [-0.3, -0.25) is 0 Å². The fourth-order valence-corrected chi connectivity index (χ4v) is 2.59. The second kappa shape index (κ2) is 9.77. The molecule has 0 aliphatic rings. The van der Waals surface area contributed by atoms with Gasteiger partial charge >= 0.3 is 0 Å². The third-order valence-corrected chi connectivity index (χ3v) is 3.85. The Labute approximate surface area is 151 Å². The van der Waals surface area contributed by atoms with Gasteiger partial charge in [-0.1, -0.05) is 32.0 Å². The molecule has 0 saturated carbocycles. The van der Waals surface area contributed by atoms with E-state index in [1.165, 1.54) is 11.1 Å². The lowest BCUT2D eigenvalue weighted by Crippen LogP contribution is -2.39. The molecule has 136 valence electrons. The second-order valence-electron chi connectivity index (χ2n) is 6.35. The summed E-state index contributed by atoms with van der Waals surface area (Å²) < 4.78 is 7.98. The van der Waals surface area contributed by atoms with E-state index in [0.717, 1.165) is 18.3 Å². The zero-order valence-corrected chi connectivity index (χ0v) is 15.7. The summed E-state index contributed by atoms with van der Waals surface area (Å²) in [6, 6.07) is 10.3. The highest BCUT2D eigenvalue weighted by Crippen LogP contribution is 2.25. The maximum atomic E-state index is 5.94. The molecule has 0 radical (unpaired) electrons. The smallest absolute Gasteiger partial charge is 0.191 e. The van der Waals surface area contributed by atoms with E-state index in [1.54, 1.807) is 0 Å². The van der Waals surface area contributed by atoms with E-state index in [9.17, 15) is 0 Å². The van der Waals surface area contributed by atoms with Gasteiger partial charge < -0.3 is 19.9 Å². The van der Waals surface area contributed by atoms with Crippen molar-refractivity contribution in [2.24, 2.45) is 12.0 Å². The highest BCUT2D eigenvalue weighted by molar-refractivity contribution is 5.79. The van der Waals surface area contributed by atoms with Crippen LogP contribution < -0.4 is 15.4 Å². The predicted molar refractivity (Wildman–Crippen MR) is 104 cm³/mol. The highest BCUT2D eigenvalue weighted by atomic mass is 16.5. The third-order valence-electron chi connectivity index (χ3n) is 3.85. The Bertz CT molecular complexity index is 676. The normalized spacial score (nSPS) is 11.6. The number of para-hydroxylation sites is 1. The van der Waals surface area contributed by atoms with Crippen LogP contribution in [0.2, 0.25) is 0 Å². The van der Waals surface area contributed by atoms with Crippen molar-refractivity contribution in [2.45, 2.75) is 33.2 Å². The summed E-state index contributed by atoms with van der Waals surface area (Å²) in [5.74, 6) is 2.23. The average Bonchev–Trinajstić information content (AvgIpc) is 3.02. The molecular formula is C20H30N4O. The minimum Gasteiger partial charge on any atom is -0.491 e. The van der Waals surface area contributed by atoms with E-state index in [0.29, 0.717) is 25.6 Å². The summed E-state index contributed by atoms with van der Waals surface area (Å²) in [7, 11) is 2.02. The Kier molecular flexibility index (Phi) is 7.38. The van der Waals surface area contributed by atoms with Crippen molar-refractivity contribution >= 4 is 5.96 Å². The van der Waals surface area contributed by atoms with Crippen LogP contribution in [0, 0.1) is 0 Å². The molecule has 2 rings (SSSR count). The number of guanidine groups is 1. The molecule has 2 aromatic rings. The molecule has 0 aliphatic heterocycles. The Hall–Kier alpha value is -2.43. The van der Waals surface area contributed by atoms with Crippen LogP contribution in [0.25, 0.3) is 0 Å². The van der Waals surface area contributed by atoms with Crippen molar-refractivity contribution in [2.75, 3.05) is 19.7 Å². The Morgan fingerprint density at radius 1 is 1.20 bits per heavy atom. The number of nitrogens with one attached hydrogen (secondary N) is 2. The van der Waals surface area contributed by atoms with Crippen molar-refractivity contribution in [3.8, 4) is 5.75 Å². The van der Waals surface area contributed by atoms with Crippen LogP contribution in [0.3, 0.4) is 0 Å². The number of aryl methyl sites for hydroxylation is 1. The zero-order chi connectivity index (χ0) is 18.1. The number of aromatic nitrogens is 1. The molecule has 0 fully saturated rings. The van der Waals surface area contributed by atoms with Gasteiger partial charge in [-0.15, -0.1) is 0 Å². The van der Waals surface area contributed by atoms with Gasteiger partial charge in [0, 0.05) is 26.0 Å². The predicted octanol–water partition coefficient (Wildman–Crippen LogP) is 3.28. The molecule has 0 atom stereocenters. The number of benzene rings is 1. The van der Waals surface area contributed by atoms with Gasteiger partial charge in [-0.25, -0.2) is 4.99 Å². The summed E-state index contributed by atoms with van der Waals surface area (Å²) in [6.45, 7) is 9.21. The first-order valence-electron chi connectivity index (χ1n) is 8.95. The van der Waals surface area contributed by atoms with Crippen LogP contribution in [0.1, 0.15) is 37.8 Å². The number of nitrogens with zero attached hydrogens (tertiary/aromatic N) is 2. The van der Waals surface area contributed by atoms with E-state index >= 15 is 0 Å². The van der Waals surface area contributed by atoms with Crippen LogP contribution in [0.5, 0.6) is 5.75 Å². The van der Waals surface area contributed by atoms with Gasteiger partial charge in [0.1, 0.15) is 12.4 Å². The molecule has 0 unspecified atom stereocenters. The summed E-state index contributed by atoms with van der Waals surface area (Å²) in [4.78, 5) is 4.61. The summed E-state index contributed by atoms with van der Waals surface area (Å²) >= 11 is 0. The molecule has 0 amide bonds. The topological polar surface area (TPSA) is 50.6 Å². The van der Waals surface area contributed by atoms with Gasteiger partial charge in [-0.2, -0.15) is 0 Å². The van der Waals surface area contributed by atoms with Crippen LogP contribution in [-0.2, 0) is 13.6 Å². The lowest BCUT2D eigenvalue weighted by atomic mass is 10.0. The maximum absolute atomic E-state index is 5.94. The number of hydrogen-bond acceptors (Lipinski definition) is 2. The second-order valence-corrected chi connectivity index (χ2v) is 6.35. The lowest BCUT2D eigenvalue weighted by Gasteiger charge is -2.15. The molecule has 1 aromatic carbocycles. The Morgan fingerprint density at radius 2 is 2.00 bits per heavy atom. The average molecular weight is 342 g/mol. The van der Waals surface area contributed by atoms with Crippen molar-refractivity contribution in [3.63, 3.8) is 0 Å². The lowest BCUT2D eigenvalue weighted by molar-refractivity contribution is 0.317. The standard InChI is InChI=1S/C20H30N4O/c1-5-21-20(23-14-17-10-12-24(4)15-17)22-11-13-25-19-9-7-6-8-18(19)16(2)3/h6-10,12,15-16H,5,11,13-14H2,1-4H3,(H2,21,22,23). The quantitative estimate of drug-likeness (QED) is 0.440. The van der Waals surface area contributed by atoms with Gasteiger partial charge in [0.05, 0.1) is 13.1 Å². The van der Waals surface area contributed by atoms with E-state index in [4.69, 9.17) is 4.74 Å². The van der Waals surface area contributed by atoms with Crippen molar-refractivity contribution in [1.29, 1.82) is 0 Å². The van der Waals surface area contributed by atoms with E-state index in [-0.39, 0.29) is 0 Å². The first kappa shape index (κ1) is 18.9. The monoisotopic (exact) mass is 342 g/mol. The molecule has 0 aliphatic carbocycles. The molecular weight excluding hydrogens is 312 g/mol. The first-order chi connectivity index (χ1) is 12.1. The number of rotatable bonds is 8. The molecule has 0 saturated heterocycles. The fraction of sp³-hybridized carbons (Fsp3) is 0.450. The largest absolute Gasteiger partial charge is 0.491 e. The van der Waals surface area contributed by atoms with Gasteiger partial charge in [0.15, 0.2) is 5.96 Å². The molecule has 0 bridgehead atoms. The van der Waals surface area contributed by atoms with Crippen LogP contribution >= 0.6 is 0 Å². The molecule has 0 spiro atoms. The SMILES string of the molecule is CCNC(=NCc1ccn(C)c1)NCCOc1ccccc1C(C)C. The minimum atomic E-state index is 0.453. The van der Waals surface area contributed by atoms with Crippen LogP contribution in [0.4, 0.5) is 0 Å². The molecule has 5 nitrogen and oxygen atoms in total. The summed E-state index contributed by atoms with van der Waals surface area (Å²) in [6.07, 6.45) is 4.12.